The third-order valence-electron chi connectivity index (χ3n) is 4.50. The highest BCUT2D eigenvalue weighted by atomic mass is 32.2. The fourth-order valence-corrected chi connectivity index (χ4v) is 5.30. The molecule has 1 N–H and O–H groups in total. The summed E-state index contributed by atoms with van der Waals surface area (Å²) in [5, 5.41) is 3.72. The molecule has 3 unspecified atom stereocenters. The van der Waals surface area contributed by atoms with Crippen molar-refractivity contribution in [2.45, 2.75) is 69.4 Å². The van der Waals surface area contributed by atoms with E-state index in [4.69, 9.17) is 0 Å². The molecule has 0 radical (unpaired) electrons. The van der Waals surface area contributed by atoms with Gasteiger partial charge in [-0.15, -0.1) is 0 Å². The second-order valence-electron chi connectivity index (χ2n) is 6.45. The Bertz CT molecular complexity index is 466. The zero-order valence-corrected chi connectivity index (χ0v) is 14.5. The molecule has 0 saturated heterocycles. The molecule has 0 heterocycles. The van der Waals surface area contributed by atoms with Crippen LogP contribution in [0.5, 0.6) is 0 Å². The van der Waals surface area contributed by atoms with E-state index in [0.717, 1.165) is 6.42 Å². The van der Waals surface area contributed by atoms with Crippen molar-refractivity contribution in [1.29, 1.82) is 0 Å². The molecule has 0 spiro atoms. The van der Waals surface area contributed by atoms with Crippen LogP contribution in [0.15, 0.2) is 18.2 Å². The van der Waals surface area contributed by atoms with Crippen LogP contribution in [0.25, 0.3) is 0 Å². The van der Waals surface area contributed by atoms with Crippen LogP contribution in [0.4, 0.5) is 0 Å². The van der Waals surface area contributed by atoms with E-state index in [1.165, 1.54) is 48.8 Å². The van der Waals surface area contributed by atoms with Crippen molar-refractivity contribution in [3.63, 3.8) is 0 Å². The lowest BCUT2D eigenvalue weighted by Gasteiger charge is -2.28. The van der Waals surface area contributed by atoms with E-state index in [0.29, 0.717) is 17.0 Å². The SMILES string of the molecule is CNC1CCCCCCC1S(=O)Cc1cc(C)cc(C)c1. The largest absolute Gasteiger partial charge is 0.316 e. The highest BCUT2D eigenvalue weighted by Gasteiger charge is 2.26. The van der Waals surface area contributed by atoms with Crippen molar-refractivity contribution in [1.82, 2.24) is 5.32 Å². The third kappa shape index (κ3) is 4.93. The van der Waals surface area contributed by atoms with Gasteiger partial charge in [0.05, 0.1) is 5.25 Å². The monoisotopic (exact) mass is 307 g/mol. The van der Waals surface area contributed by atoms with E-state index in [-0.39, 0.29) is 0 Å². The summed E-state index contributed by atoms with van der Waals surface area (Å²) in [6.45, 7) is 4.23. The molecule has 1 aliphatic rings. The number of benzene rings is 1. The first kappa shape index (κ1) is 16.7. The van der Waals surface area contributed by atoms with Gasteiger partial charge >= 0.3 is 0 Å². The number of rotatable bonds is 4. The highest BCUT2D eigenvalue weighted by Crippen LogP contribution is 2.23. The molecule has 1 saturated carbocycles. The van der Waals surface area contributed by atoms with E-state index >= 15 is 0 Å². The Morgan fingerprint density at radius 3 is 2.29 bits per heavy atom. The molecule has 0 bridgehead atoms. The van der Waals surface area contributed by atoms with Crippen LogP contribution in [0.3, 0.4) is 0 Å². The van der Waals surface area contributed by atoms with Crippen molar-refractivity contribution < 1.29 is 4.21 Å². The molecule has 1 fully saturated rings. The normalized spacial score (nSPS) is 25.1. The van der Waals surface area contributed by atoms with Crippen LogP contribution in [-0.4, -0.2) is 22.5 Å². The Balaban J connectivity index is 2.08. The molecule has 118 valence electrons. The van der Waals surface area contributed by atoms with E-state index in [1.807, 2.05) is 7.05 Å². The van der Waals surface area contributed by atoms with Crippen molar-refractivity contribution in [3.05, 3.63) is 34.9 Å². The van der Waals surface area contributed by atoms with Gasteiger partial charge in [0.2, 0.25) is 0 Å². The van der Waals surface area contributed by atoms with Crippen LogP contribution >= 0.6 is 0 Å². The van der Waals surface area contributed by atoms with Gasteiger partial charge in [-0.2, -0.15) is 0 Å². The maximum absolute atomic E-state index is 12.9. The van der Waals surface area contributed by atoms with Crippen LogP contribution in [-0.2, 0) is 16.6 Å². The van der Waals surface area contributed by atoms with E-state index < -0.39 is 10.8 Å². The molecule has 2 rings (SSSR count). The summed E-state index contributed by atoms with van der Waals surface area (Å²) in [5.74, 6) is 0.700. The van der Waals surface area contributed by atoms with Gasteiger partial charge in [-0.3, -0.25) is 4.21 Å². The molecule has 1 aliphatic carbocycles. The maximum Gasteiger partial charge on any atom is 0.0504 e. The molecule has 1 aromatic carbocycles. The number of hydrogen-bond acceptors (Lipinski definition) is 2. The van der Waals surface area contributed by atoms with Crippen molar-refractivity contribution in [2.24, 2.45) is 0 Å². The van der Waals surface area contributed by atoms with Crippen molar-refractivity contribution in [2.75, 3.05) is 7.05 Å². The zero-order chi connectivity index (χ0) is 15.2. The standard InChI is InChI=1S/C18H29NOS/c1-14-10-15(2)12-16(11-14)13-21(20)18-9-7-5-4-6-8-17(18)19-3/h10-12,17-19H,4-9,13H2,1-3H3. The fourth-order valence-electron chi connectivity index (χ4n) is 3.52. The molecule has 2 nitrogen and oxygen atoms in total. The number of nitrogens with one attached hydrogen (secondary N) is 1. The van der Waals surface area contributed by atoms with Gasteiger partial charge in [0.1, 0.15) is 0 Å². The van der Waals surface area contributed by atoms with Crippen molar-refractivity contribution >= 4 is 10.8 Å². The van der Waals surface area contributed by atoms with Gasteiger partial charge in [-0.05, 0) is 39.3 Å². The lowest BCUT2D eigenvalue weighted by atomic mass is 9.96. The van der Waals surface area contributed by atoms with E-state index in [2.05, 4.69) is 37.4 Å². The van der Waals surface area contributed by atoms with Crippen LogP contribution in [0.2, 0.25) is 0 Å². The summed E-state index contributed by atoms with van der Waals surface area (Å²) >= 11 is 0. The van der Waals surface area contributed by atoms with Gasteiger partial charge in [-0.25, -0.2) is 0 Å². The van der Waals surface area contributed by atoms with Crippen LogP contribution in [0, 0.1) is 13.8 Å². The highest BCUT2D eigenvalue weighted by molar-refractivity contribution is 7.84. The van der Waals surface area contributed by atoms with Gasteiger partial charge < -0.3 is 5.32 Å². The lowest BCUT2D eigenvalue weighted by Crippen LogP contribution is -2.41. The summed E-state index contributed by atoms with van der Waals surface area (Å²) in [7, 11) is 1.24. The quantitative estimate of drug-likeness (QED) is 0.915. The fraction of sp³-hybridized carbons (Fsp3) is 0.667. The predicted octanol–water partition coefficient (Wildman–Crippen LogP) is 3.86. The molecule has 1 aromatic rings. The average Bonchev–Trinajstić information content (AvgIpc) is 2.37. The molecule has 3 atom stereocenters. The summed E-state index contributed by atoms with van der Waals surface area (Å²) in [6.07, 6.45) is 7.38. The number of hydrogen-bond donors (Lipinski definition) is 1. The Morgan fingerprint density at radius 2 is 1.67 bits per heavy atom. The minimum absolute atomic E-state index is 0.302. The molecular formula is C18H29NOS. The van der Waals surface area contributed by atoms with E-state index in [1.54, 1.807) is 0 Å². The van der Waals surface area contributed by atoms with E-state index in [9.17, 15) is 4.21 Å². The zero-order valence-electron chi connectivity index (χ0n) is 13.7. The third-order valence-corrected chi connectivity index (χ3v) is 6.36. The molecular weight excluding hydrogens is 278 g/mol. The Labute approximate surface area is 132 Å². The molecule has 0 aromatic heterocycles. The second kappa shape index (κ2) is 8.09. The van der Waals surface area contributed by atoms with Gasteiger partial charge in [-0.1, -0.05) is 55.0 Å². The second-order valence-corrected chi connectivity index (χ2v) is 8.10. The predicted molar refractivity (Wildman–Crippen MR) is 92.1 cm³/mol. The van der Waals surface area contributed by atoms with Crippen molar-refractivity contribution in [3.8, 4) is 0 Å². The Morgan fingerprint density at radius 1 is 1.05 bits per heavy atom. The summed E-state index contributed by atoms with van der Waals surface area (Å²) in [5.41, 5.74) is 3.76. The average molecular weight is 308 g/mol. The molecule has 3 heteroatoms. The first-order valence-electron chi connectivity index (χ1n) is 8.22. The van der Waals surface area contributed by atoms with Gasteiger partial charge in [0.25, 0.3) is 0 Å². The van der Waals surface area contributed by atoms with Gasteiger partial charge in [0, 0.05) is 22.6 Å². The topological polar surface area (TPSA) is 29.1 Å². The smallest absolute Gasteiger partial charge is 0.0504 e. The van der Waals surface area contributed by atoms with Crippen LogP contribution in [0.1, 0.15) is 55.2 Å². The summed E-state index contributed by atoms with van der Waals surface area (Å²) < 4.78 is 12.9. The maximum atomic E-state index is 12.9. The summed E-state index contributed by atoms with van der Waals surface area (Å²) in [4.78, 5) is 0. The molecule has 0 amide bonds. The molecule has 21 heavy (non-hydrogen) atoms. The minimum Gasteiger partial charge on any atom is -0.316 e. The first-order valence-corrected chi connectivity index (χ1v) is 9.60. The van der Waals surface area contributed by atoms with Crippen LogP contribution < -0.4 is 5.32 Å². The lowest BCUT2D eigenvalue weighted by molar-refractivity contribution is 0.414. The first-order chi connectivity index (χ1) is 10.1. The molecule has 0 aliphatic heterocycles. The Kier molecular flexibility index (Phi) is 6.43. The number of aryl methyl sites for hydroxylation is 2. The summed E-state index contributed by atoms with van der Waals surface area (Å²) in [6, 6.07) is 6.96. The van der Waals surface area contributed by atoms with Gasteiger partial charge in [0.15, 0.2) is 0 Å². The Hall–Kier alpha value is -0.670. The minimum atomic E-state index is -0.785.